The van der Waals surface area contributed by atoms with E-state index >= 15 is 0 Å². The summed E-state index contributed by atoms with van der Waals surface area (Å²) in [5, 5.41) is 0. The number of aromatic nitrogens is 2. The summed E-state index contributed by atoms with van der Waals surface area (Å²) in [6, 6.07) is -0.145. The molecule has 0 aliphatic carbocycles. The molecule has 136 valence electrons. The molecule has 2 aliphatic rings. The summed E-state index contributed by atoms with van der Waals surface area (Å²) in [6.07, 6.45) is 6.19. The predicted molar refractivity (Wildman–Crippen MR) is 95.4 cm³/mol. The molecule has 1 saturated heterocycles. The summed E-state index contributed by atoms with van der Waals surface area (Å²) < 4.78 is 11.2. The predicted octanol–water partition coefficient (Wildman–Crippen LogP) is 2.33. The molecule has 2 bridgehead atoms. The number of anilines is 1. The molecular formula is C18H26N4O3. The van der Waals surface area contributed by atoms with E-state index in [0.29, 0.717) is 25.6 Å². The van der Waals surface area contributed by atoms with E-state index in [1.165, 1.54) is 0 Å². The second-order valence-corrected chi connectivity index (χ2v) is 7.71. The van der Waals surface area contributed by atoms with E-state index in [1.54, 1.807) is 0 Å². The number of amides is 1. The molecule has 1 amide bonds. The van der Waals surface area contributed by atoms with Gasteiger partial charge in [-0.25, -0.2) is 14.8 Å². The van der Waals surface area contributed by atoms with Crippen molar-refractivity contribution in [2.75, 3.05) is 32.2 Å². The monoisotopic (exact) mass is 346 g/mol. The smallest absolute Gasteiger partial charge is 0.411 e. The van der Waals surface area contributed by atoms with Gasteiger partial charge in [-0.1, -0.05) is 6.08 Å². The van der Waals surface area contributed by atoms with E-state index in [2.05, 4.69) is 16.0 Å². The van der Waals surface area contributed by atoms with Crippen molar-refractivity contribution in [1.82, 2.24) is 14.9 Å². The van der Waals surface area contributed by atoms with Gasteiger partial charge in [-0.05, 0) is 32.8 Å². The second kappa shape index (κ2) is 6.63. The Hall–Kier alpha value is -2.15. The van der Waals surface area contributed by atoms with Crippen molar-refractivity contribution < 1.29 is 14.3 Å². The van der Waals surface area contributed by atoms with Crippen molar-refractivity contribution in [3.8, 4) is 0 Å². The lowest BCUT2D eigenvalue weighted by molar-refractivity contribution is -0.0510. The summed E-state index contributed by atoms with van der Waals surface area (Å²) in [5.41, 5.74) is 1.64. The average Bonchev–Trinajstić information content (AvgIpc) is 2.52. The van der Waals surface area contributed by atoms with Crippen LogP contribution in [0.4, 0.5) is 10.7 Å². The minimum atomic E-state index is -0.508. The first kappa shape index (κ1) is 17.7. The minimum absolute atomic E-state index is 0.0258. The quantitative estimate of drug-likeness (QED) is 0.819. The van der Waals surface area contributed by atoms with Crippen molar-refractivity contribution >= 4 is 17.6 Å². The van der Waals surface area contributed by atoms with Crippen LogP contribution >= 0.6 is 0 Å². The molecule has 2 unspecified atom stereocenters. The molecule has 0 aromatic carbocycles. The Morgan fingerprint density at radius 1 is 1.28 bits per heavy atom. The van der Waals surface area contributed by atoms with Crippen LogP contribution in [0.3, 0.4) is 0 Å². The molecule has 0 spiro atoms. The Morgan fingerprint density at radius 2 is 1.96 bits per heavy atom. The van der Waals surface area contributed by atoms with Crippen molar-refractivity contribution in [1.29, 1.82) is 0 Å². The standard InChI is InChI=1S/C18H26N4O3/c1-18(2,3)25-17(23)22-14-6-12(7-15(22)11-24-10-14)13-8-19-16(20-9-13)21(4)5/h6,8-9,14-15H,7,10-11H2,1-5H3. The SMILES string of the molecule is CN(C)c1ncc(C2=CC3COCC(C2)N3C(=O)OC(C)(C)C)cn1. The molecule has 3 rings (SSSR count). The summed E-state index contributed by atoms with van der Waals surface area (Å²) in [6.45, 7) is 6.64. The first-order valence-corrected chi connectivity index (χ1v) is 8.54. The van der Waals surface area contributed by atoms with Crippen LogP contribution in [0.1, 0.15) is 32.8 Å². The molecule has 0 saturated carbocycles. The Morgan fingerprint density at radius 3 is 2.52 bits per heavy atom. The second-order valence-electron chi connectivity index (χ2n) is 7.71. The van der Waals surface area contributed by atoms with Gasteiger partial charge in [-0.15, -0.1) is 0 Å². The van der Waals surface area contributed by atoms with E-state index in [1.807, 2.05) is 57.1 Å². The van der Waals surface area contributed by atoms with Crippen LogP contribution in [0.25, 0.3) is 5.57 Å². The number of hydrogen-bond acceptors (Lipinski definition) is 6. The van der Waals surface area contributed by atoms with Gasteiger partial charge in [-0.2, -0.15) is 0 Å². The topological polar surface area (TPSA) is 67.8 Å². The van der Waals surface area contributed by atoms with Gasteiger partial charge < -0.3 is 14.4 Å². The molecule has 0 radical (unpaired) electrons. The zero-order valence-electron chi connectivity index (χ0n) is 15.5. The van der Waals surface area contributed by atoms with Crippen LogP contribution < -0.4 is 4.90 Å². The van der Waals surface area contributed by atoms with Crippen molar-refractivity contribution in [2.45, 2.75) is 44.9 Å². The Labute approximate surface area is 148 Å². The lowest BCUT2D eigenvalue weighted by Gasteiger charge is -2.44. The number of morpholine rings is 1. The van der Waals surface area contributed by atoms with E-state index in [0.717, 1.165) is 11.1 Å². The Bertz CT molecular complexity index is 664. The van der Waals surface area contributed by atoms with Crippen LogP contribution in [0.5, 0.6) is 0 Å². The first-order chi connectivity index (χ1) is 11.7. The zero-order valence-corrected chi connectivity index (χ0v) is 15.5. The number of carbonyl (C=O) groups excluding carboxylic acids is 1. The molecule has 3 heterocycles. The van der Waals surface area contributed by atoms with Gasteiger partial charge in [-0.3, -0.25) is 4.90 Å². The summed E-state index contributed by atoms with van der Waals surface area (Å²) in [4.78, 5) is 25.0. The molecule has 2 atom stereocenters. The van der Waals surface area contributed by atoms with E-state index < -0.39 is 5.60 Å². The summed E-state index contributed by atoms with van der Waals surface area (Å²) >= 11 is 0. The largest absolute Gasteiger partial charge is 0.444 e. The zero-order chi connectivity index (χ0) is 18.2. The third-order valence-corrected chi connectivity index (χ3v) is 4.21. The van der Waals surface area contributed by atoms with Crippen molar-refractivity contribution in [3.63, 3.8) is 0 Å². The van der Waals surface area contributed by atoms with Crippen LogP contribution in [0.15, 0.2) is 18.5 Å². The number of hydrogen-bond donors (Lipinski definition) is 0. The van der Waals surface area contributed by atoms with Gasteiger partial charge in [0.1, 0.15) is 5.60 Å². The van der Waals surface area contributed by atoms with Gasteiger partial charge in [0.15, 0.2) is 0 Å². The maximum atomic E-state index is 12.6. The number of fused-ring (bicyclic) bond motifs is 2. The summed E-state index contributed by atoms with van der Waals surface area (Å²) in [5.74, 6) is 0.680. The highest BCUT2D eigenvalue weighted by Gasteiger charge is 2.40. The van der Waals surface area contributed by atoms with Crippen molar-refractivity contribution in [3.05, 3.63) is 24.0 Å². The Kier molecular flexibility index (Phi) is 4.69. The Balaban J connectivity index is 1.82. The normalized spacial score (nSPS) is 23.1. The first-order valence-electron chi connectivity index (χ1n) is 8.54. The maximum Gasteiger partial charge on any atom is 0.411 e. The third-order valence-electron chi connectivity index (χ3n) is 4.21. The van der Waals surface area contributed by atoms with Gasteiger partial charge in [0, 0.05) is 32.1 Å². The van der Waals surface area contributed by atoms with Gasteiger partial charge in [0.2, 0.25) is 5.95 Å². The fourth-order valence-corrected chi connectivity index (χ4v) is 3.13. The van der Waals surface area contributed by atoms with Crippen molar-refractivity contribution in [2.24, 2.45) is 0 Å². The molecule has 1 aromatic heterocycles. The minimum Gasteiger partial charge on any atom is -0.444 e. The number of rotatable bonds is 2. The lowest BCUT2D eigenvalue weighted by atomic mass is 9.91. The van der Waals surface area contributed by atoms with E-state index in [-0.39, 0.29) is 18.2 Å². The molecule has 25 heavy (non-hydrogen) atoms. The average molecular weight is 346 g/mol. The molecule has 0 N–H and O–H groups in total. The van der Waals surface area contributed by atoms with E-state index in [4.69, 9.17) is 9.47 Å². The molecule has 1 aromatic rings. The third kappa shape index (κ3) is 3.92. The van der Waals surface area contributed by atoms with E-state index in [9.17, 15) is 4.79 Å². The molecule has 1 fully saturated rings. The molecule has 7 nitrogen and oxygen atoms in total. The molecule has 2 aliphatic heterocycles. The van der Waals surface area contributed by atoms with Crippen LogP contribution in [-0.2, 0) is 9.47 Å². The fraction of sp³-hybridized carbons (Fsp3) is 0.611. The maximum absolute atomic E-state index is 12.6. The summed E-state index contributed by atoms with van der Waals surface area (Å²) in [7, 11) is 3.82. The van der Waals surface area contributed by atoms with Crippen LogP contribution in [0, 0.1) is 0 Å². The fourth-order valence-electron chi connectivity index (χ4n) is 3.13. The number of nitrogens with zero attached hydrogens (tertiary/aromatic N) is 4. The molecule has 7 heteroatoms. The van der Waals surface area contributed by atoms with Crippen LogP contribution in [0.2, 0.25) is 0 Å². The highest BCUT2D eigenvalue weighted by molar-refractivity contribution is 5.74. The van der Waals surface area contributed by atoms with Gasteiger partial charge in [0.05, 0.1) is 25.3 Å². The highest BCUT2D eigenvalue weighted by atomic mass is 16.6. The molecular weight excluding hydrogens is 320 g/mol. The lowest BCUT2D eigenvalue weighted by Crippen LogP contribution is -2.57. The number of carbonyl (C=O) groups is 1. The highest BCUT2D eigenvalue weighted by Crippen LogP contribution is 2.33. The van der Waals surface area contributed by atoms with Gasteiger partial charge >= 0.3 is 6.09 Å². The van der Waals surface area contributed by atoms with Gasteiger partial charge in [0.25, 0.3) is 0 Å². The van der Waals surface area contributed by atoms with Crippen LogP contribution in [-0.4, -0.2) is 66.0 Å². The number of ether oxygens (including phenoxy) is 2.